The first-order valence-corrected chi connectivity index (χ1v) is 7.01. The van der Waals surface area contributed by atoms with E-state index in [2.05, 4.69) is 5.32 Å². The van der Waals surface area contributed by atoms with Gasteiger partial charge in [-0.05, 0) is 6.42 Å². The Balaban J connectivity index is 4.13. The van der Waals surface area contributed by atoms with Crippen LogP contribution in [0.25, 0.3) is 0 Å². The highest BCUT2D eigenvalue weighted by Crippen LogP contribution is 2.01. The van der Waals surface area contributed by atoms with Crippen molar-refractivity contribution in [1.29, 1.82) is 0 Å². The van der Waals surface area contributed by atoms with Gasteiger partial charge < -0.3 is 15.3 Å². The van der Waals surface area contributed by atoms with Crippen LogP contribution in [0.3, 0.4) is 0 Å². The summed E-state index contributed by atoms with van der Waals surface area (Å²) in [7, 11) is 0.511. The summed E-state index contributed by atoms with van der Waals surface area (Å²) in [6.45, 7) is 3.80. The molecule has 0 heterocycles. The van der Waals surface area contributed by atoms with E-state index in [1.807, 2.05) is 6.92 Å². The van der Waals surface area contributed by atoms with Gasteiger partial charge in [0.1, 0.15) is 6.04 Å². The Kier molecular flexibility index (Phi) is 7.53. The van der Waals surface area contributed by atoms with Crippen molar-refractivity contribution in [1.82, 2.24) is 10.2 Å². The van der Waals surface area contributed by atoms with Crippen LogP contribution in [0.4, 0.5) is 4.79 Å². The number of nitrogens with one attached hydrogen (secondary N) is 1. The van der Waals surface area contributed by atoms with Gasteiger partial charge in [0.05, 0.1) is 0 Å². The molecule has 2 N–H and O–H groups in total. The van der Waals surface area contributed by atoms with Gasteiger partial charge in [-0.1, -0.05) is 13.8 Å². The molecular formula is C10H20N2O4S. The van der Waals surface area contributed by atoms with Crippen molar-refractivity contribution in [3.05, 3.63) is 0 Å². The van der Waals surface area contributed by atoms with Gasteiger partial charge in [0.2, 0.25) is 0 Å². The zero-order chi connectivity index (χ0) is 13.4. The maximum Gasteiger partial charge on any atom is 0.326 e. The third-order valence-corrected chi connectivity index (χ3v) is 3.69. The molecule has 17 heavy (non-hydrogen) atoms. The molecule has 100 valence electrons. The van der Waals surface area contributed by atoms with Crippen LogP contribution < -0.4 is 5.32 Å². The standard InChI is InChI=1S/C10H20N2O4S/c1-4-8(9(13)14)12(3)10(15)11-6-7-17(16)5-2/h8H,4-7H2,1-3H3,(H,11,15)(H,13,14). The Morgan fingerprint density at radius 1 is 1.41 bits per heavy atom. The molecular weight excluding hydrogens is 244 g/mol. The summed E-state index contributed by atoms with van der Waals surface area (Å²) in [4.78, 5) is 23.6. The predicted octanol–water partition coefficient (Wildman–Crippen LogP) is 0.260. The molecule has 0 aliphatic rings. The number of carboxylic acid groups (broad SMARTS) is 1. The SMILES string of the molecule is CCC(C(=O)O)N(C)C(=O)NCCS(=O)CC. The molecule has 7 heteroatoms. The lowest BCUT2D eigenvalue weighted by atomic mass is 10.2. The van der Waals surface area contributed by atoms with Gasteiger partial charge in [-0.15, -0.1) is 0 Å². The highest BCUT2D eigenvalue weighted by molar-refractivity contribution is 7.84. The minimum Gasteiger partial charge on any atom is -0.480 e. The van der Waals surface area contributed by atoms with Crippen molar-refractivity contribution in [3.63, 3.8) is 0 Å². The fraction of sp³-hybridized carbons (Fsp3) is 0.800. The van der Waals surface area contributed by atoms with Gasteiger partial charge >= 0.3 is 12.0 Å². The molecule has 0 aliphatic carbocycles. The first-order chi connectivity index (χ1) is 7.93. The fourth-order valence-electron chi connectivity index (χ4n) is 1.30. The summed E-state index contributed by atoms with van der Waals surface area (Å²) in [6.07, 6.45) is 0.347. The molecule has 0 rings (SSSR count). The topological polar surface area (TPSA) is 86.7 Å². The summed E-state index contributed by atoms with van der Waals surface area (Å²) in [6, 6.07) is -1.28. The van der Waals surface area contributed by atoms with E-state index in [0.29, 0.717) is 24.5 Å². The fourth-order valence-corrected chi connectivity index (χ4v) is 1.91. The lowest BCUT2D eigenvalue weighted by Gasteiger charge is -2.23. The zero-order valence-electron chi connectivity index (χ0n) is 10.4. The lowest BCUT2D eigenvalue weighted by molar-refractivity contribution is -0.141. The monoisotopic (exact) mass is 264 g/mol. The van der Waals surface area contributed by atoms with E-state index in [4.69, 9.17) is 5.11 Å². The second kappa shape index (κ2) is 8.05. The molecule has 0 bridgehead atoms. The Bertz CT molecular complexity index is 296. The minimum atomic E-state index is -1.03. The number of likely N-dealkylation sites (N-methyl/N-ethyl adjacent to an activating group) is 1. The second-order valence-corrected chi connectivity index (χ2v) is 5.40. The van der Waals surface area contributed by atoms with Gasteiger partial charge in [0.15, 0.2) is 0 Å². The average Bonchev–Trinajstić information content (AvgIpc) is 2.28. The van der Waals surface area contributed by atoms with Gasteiger partial charge in [0.25, 0.3) is 0 Å². The Hall–Kier alpha value is -1.11. The Morgan fingerprint density at radius 3 is 2.41 bits per heavy atom. The van der Waals surface area contributed by atoms with Crippen molar-refractivity contribution in [2.24, 2.45) is 0 Å². The zero-order valence-corrected chi connectivity index (χ0v) is 11.2. The average molecular weight is 264 g/mol. The van der Waals surface area contributed by atoms with Gasteiger partial charge in [-0.3, -0.25) is 4.21 Å². The van der Waals surface area contributed by atoms with Crippen LogP contribution in [0.5, 0.6) is 0 Å². The number of aliphatic carboxylic acids is 1. The molecule has 2 unspecified atom stereocenters. The largest absolute Gasteiger partial charge is 0.480 e. The van der Waals surface area contributed by atoms with Crippen LogP contribution in [0.1, 0.15) is 20.3 Å². The van der Waals surface area contributed by atoms with E-state index in [9.17, 15) is 13.8 Å². The first kappa shape index (κ1) is 15.9. The van der Waals surface area contributed by atoms with Crippen molar-refractivity contribution in [3.8, 4) is 0 Å². The first-order valence-electron chi connectivity index (χ1n) is 5.52. The van der Waals surface area contributed by atoms with E-state index in [1.165, 1.54) is 7.05 Å². The number of hydrogen-bond donors (Lipinski definition) is 2. The maximum atomic E-state index is 11.6. The van der Waals surface area contributed by atoms with Crippen molar-refractivity contribution in [2.75, 3.05) is 25.1 Å². The van der Waals surface area contributed by atoms with Gasteiger partial charge in [-0.25, -0.2) is 9.59 Å². The van der Waals surface area contributed by atoms with Crippen molar-refractivity contribution in [2.45, 2.75) is 26.3 Å². The molecule has 0 aromatic heterocycles. The Morgan fingerprint density at radius 2 is 2.00 bits per heavy atom. The van der Waals surface area contributed by atoms with Gasteiger partial charge in [-0.2, -0.15) is 0 Å². The predicted molar refractivity (Wildman–Crippen MR) is 66.4 cm³/mol. The number of carbonyl (C=O) groups excluding carboxylic acids is 1. The number of amides is 2. The van der Waals surface area contributed by atoms with Crippen LogP contribution in [-0.2, 0) is 15.6 Å². The van der Waals surface area contributed by atoms with Crippen LogP contribution in [0.15, 0.2) is 0 Å². The lowest BCUT2D eigenvalue weighted by Crippen LogP contribution is -2.47. The van der Waals surface area contributed by atoms with E-state index < -0.39 is 28.8 Å². The smallest absolute Gasteiger partial charge is 0.326 e. The molecule has 2 atom stereocenters. The van der Waals surface area contributed by atoms with E-state index in [0.717, 1.165) is 4.90 Å². The number of nitrogens with zero attached hydrogens (tertiary/aromatic N) is 1. The number of hydrogen-bond acceptors (Lipinski definition) is 3. The second-order valence-electron chi connectivity index (χ2n) is 3.54. The summed E-state index contributed by atoms with van der Waals surface area (Å²) < 4.78 is 11.1. The summed E-state index contributed by atoms with van der Waals surface area (Å²) in [5, 5.41) is 11.4. The summed E-state index contributed by atoms with van der Waals surface area (Å²) >= 11 is 0. The number of rotatable bonds is 7. The normalized spacial score (nSPS) is 13.8. The Labute approximate surface area is 104 Å². The molecule has 6 nitrogen and oxygen atoms in total. The van der Waals surface area contributed by atoms with Crippen molar-refractivity contribution < 1.29 is 18.9 Å². The third kappa shape index (κ3) is 5.67. The molecule has 0 saturated carbocycles. The van der Waals surface area contributed by atoms with Crippen LogP contribution >= 0.6 is 0 Å². The molecule has 0 aromatic rings. The molecule has 0 aromatic carbocycles. The van der Waals surface area contributed by atoms with Gasteiger partial charge in [0, 0.05) is 35.9 Å². The third-order valence-electron chi connectivity index (χ3n) is 2.39. The molecule has 0 fully saturated rings. The number of carbonyl (C=O) groups is 2. The van der Waals surface area contributed by atoms with Crippen LogP contribution in [0.2, 0.25) is 0 Å². The van der Waals surface area contributed by atoms with Crippen LogP contribution in [-0.4, -0.2) is 57.4 Å². The van der Waals surface area contributed by atoms with E-state index in [-0.39, 0.29) is 0 Å². The summed E-state index contributed by atoms with van der Waals surface area (Å²) in [5.41, 5.74) is 0. The molecule has 0 spiro atoms. The van der Waals surface area contributed by atoms with Crippen molar-refractivity contribution >= 4 is 22.8 Å². The number of urea groups is 1. The highest BCUT2D eigenvalue weighted by Gasteiger charge is 2.24. The maximum absolute atomic E-state index is 11.6. The highest BCUT2D eigenvalue weighted by atomic mass is 32.2. The van der Waals surface area contributed by atoms with E-state index >= 15 is 0 Å². The summed E-state index contributed by atoms with van der Waals surface area (Å²) in [5.74, 6) is -0.0828. The molecule has 0 saturated heterocycles. The van der Waals surface area contributed by atoms with E-state index in [1.54, 1.807) is 6.92 Å². The number of carboxylic acids is 1. The molecule has 2 amide bonds. The quantitative estimate of drug-likeness (QED) is 0.690. The molecule has 0 aliphatic heterocycles. The minimum absolute atomic E-state index is 0.291. The molecule has 0 radical (unpaired) electrons. The van der Waals surface area contributed by atoms with Crippen LogP contribution in [0, 0.1) is 0 Å².